The number of amides is 2. The Morgan fingerprint density at radius 2 is 1.54 bits per heavy atom. The van der Waals surface area contributed by atoms with Crippen molar-refractivity contribution in [2.24, 2.45) is 23.2 Å². The molecule has 4 saturated carbocycles. The van der Waals surface area contributed by atoms with Crippen molar-refractivity contribution in [1.29, 1.82) is 0 Å². The van der Waals surface area contributed by atoms with Crippen molar-refractivity contribution in [3.8, 4) is 0 Å². The molecule has 1 heterocycles. The Balaban J connectivity index is 1.19. The fourth-order valence-corrected chi connectivity index (χ4v) is 7.74. The number of hydrogen-bond acceptors (Lipinski definition) is 3. The molecule has 2 aromatic carbocycles. The van der Waals surface area contributed by atoms with Crippen LogP contribution in [0.3, 0.4) is 0 Å². The number of carbonyl (C=O) groups is 2. The Labute approximate surface area is 208 Å². The highest BCUT2D eigenvalue weighted by molar-refractivity contribution is 6.03. The number of nitrogens with one attached hydrogen (secondary N) is 2. The van der Waals surface area contributed by atoms with Crippen molar-refractivity contribution < 1.29 is 9.59 Å². The van der Waals surface area contributed by atoms with Gasteiger partial charge in [0.1, 0.15) is 0 Å². The van der Waals surface area contributed by atoms with Crippen molar-refractivity contribution >= 4 is 23.2 Å². The van der Waals surface area contributed by atoms with Gasteiger partial charge in [-0.05, 0) is 99.3 Å². The first-order valence-electron chi connectivity index (χ1n) is 13.6. The lowest BCUT2D eigenvalue weighted by molar-refractivity contribution is -0.140. The van der Waals surface area contributed by atoms with E-state index in [0.29, 0.717) is 12.1 Å². The van der Waals surface area contributed by atoms with Gasteiger partial charge in [-0.1, -0.05) is 30.3 Å². The van der Waals surface area contributed by atoms with Crippen LogP contribution in [-0.4, -0.2) is 31.4 Å². The molecular formula is C30H37N3O2. The Kier molecular flexibility index (Phi) is 6.03. The molecule has 2 amide bonds. The number of benzene rings is 2. The van der Waals surface area contributed by atoms with Gasteiger partial charge >= 0.3 is 0 Å². The lowest BCUT2D eigenvalue weighted by atomic mass is 9.49. The lowest BCUT2D eigenvalue weighted by Crippen LogP contribution is -2.51. The summed E-state index contributed by atoms with van der Waals surface area (Å²) in [5.41, 5.74) is 3.42. The summed E-state index contributed by atoms with van der Waals surface area (Å²) in [4.78, 5) is 29.2. The van der Waals surface area contributed by atoms with E-state index in [0.717, 1.165) is 80.7 Å². The molecule has 0 spiro atoms. The summed E-state index contributed by atoms with van der Waals surface area (Å²) in [5.74, 6) is 2.32. The fraction of sp³-hybridized carbons (Fsp3) is 0.533. The summed E-state index contributed by atoms with van der Waals surface area (Å²) in [5, 5.41) is 6.38. The zero-order chi connectivity index (χ0) is 23.8. The van der Waals surface area contributed by atoms with Crippen LogP contribution >= 0.6 is 0 Å². The maximum absolute atomic E-state index is 13.6. The molecule has 0 atom stereocenters. The van der Waals surface area contributed by atoms with Crippen molar-refractivity contribution in [2.45, 2.75) is 57.8 Å². The van der Waals surface area contributed by atoms with Crippen molar-refractivity contribution in [3.63, 3.8) is 0 Å². The third-order valence-electron chi connectivity index (χ3n) is 9.01. The van der Waals surface area contributed by atoms with Gasteiger partial charge in [-0.15, -0.1) is 0 Å². The quantitative estimate of drug-likeness (QED) is 0.567. The molecule has 5 nitrogen and oxygen atoms in total. The molecule has 4 aliphatic carbocycles. The predicted molar refractivity (Wildman–Crippen MR) is 140 cm³/mol. The second-order valence-corrected chi connectivity index (χ2v) is 11.6. The van der Waals surface area contributed by atoms with Gasteiger partial charge in [0.25, 0.3) is 5.91 Å². The highest BCUT2D eigenvalue weighted by Gasteiger charge is 2.54. The van der Waals surface area contributed by atoms with E-state index in [2.05, 4.69) is 27.7 Å². The second-order valence-electron chi connectivity index (χ2n) is 11.6. The van der Waals surface area contributed by atoms with Crippen molar-refractivity contribution in [1.82, 2.24) is 5.32 Å². The predicted octanol–water partition coefficient (Wildman–Crippen LogP) is 5.41. The summed E-state index contributed by atoms with van der Waals surface area (Å²) in [6, 6.07) is 16.2. The summed E-state index contributed by atoms with van der Waals surface area (Å²) < 4.78 is 0. The van der Waals surface area contributed by atoms with Gasteiger partial charge in [-0.2, -0.15) is 0 Å². The number of rotatable bonds is 7. The first kappa shape index (κ1) is 22.6. The average molecular weight is 472 g/mol. The van der Waals surface area contributed by atoms with Gasteiger partial charge in [-0.25, -0.2) is 0 Å². The molecule has 2 aromatic rings. The van der Waals surface area contributed by atoms with E-state index in [4.69, 9.17) is 0 Å². The average Bonchev–Trinajstić information content (AvgIpc) is 3.39. The van der Waals surface area contributed by atoms with Crippen molar-refractivity contribution in [3.05, 3.63) is 59.7 Å². The molecule has 1 aliphatic heterocycles. The maximum atomic E-state index is 13.6. The third-order valence-corrected chi connectivity index (χ3v) is 9.01. The monoisotopic (exact) mass is 471 g/mol. The van der Waals surface area contributed by atoms with Crippen LogP contribution in [0, 0.1) is 23.2 Å². The zero-order valence-corrected chi connectivity index (χ0v) is 20.6. The smallest absolute Gasteiger partial charge is 0.253 e. The van der Waals surface area contributed by atoms with E-state index in [1.165, 1.54) is 24.8 Å². The molecule has 0 radical (unpaired) electrons. The van der Waals surface area contributed by atoms with Gasteiger partial charge < -0.3 is 15.5 Å². The first-order chi connectivity index (χ1) is 17.1. The van der Waals surface area contributed by atoms with Gasteiger partial charge in [0.2, 0.25) is 5.91 Å². The van der Waals surface area contributed by atoms with E-state index in [-0.39, 0.29) is 17.2 Å². The van der Waals surface area contributed by atoms with E-state index in [1.54, 1.807) is 0 Å². The molecule has 5 heteroatoms. The molecule has 4 bridgehead atoms. The van der Waals surface area contributed by atoms with E-state index >= 15 is 0 Å². The lowest BCUT2D eigenvalue weighted by Gasteiger charge is -2.55. The number of hydrogen-bond donors (Lipinski definition) is 2. The van der Waals surface area contributed by atoms with Crippen LogP contribution in [0.2, 0.25) is 0 Å². The van der Waals surface area contributed by atoms with Crippen LogP contribution in [0.25, 0.3) is 0 Å². The minimum atomic E-state index is -0.194. The molecule has 184 valence electrons. The summed E-state index contributed by atoms with van der Waals surface area (Å²) >= 11 is 0. The molecule has 5 fully saturated rings. The molecule has 1 saturated heterocycles. The van der Waals surface area contributed by atoms with Crippen LogP contribution in [0.4, 0.5) is 11.4 Å². The number of anilines is 2. The molecule has 35 heavy (non-hydrogen) atoms. The number of carbonyl (C=O) groups excluding carboxylic acids is 2. The molecule has 7 rings (SSSR count). The van der Waals surface area contributed by atoms with Crippen LogP contribution in [0.5, 0.6) is 0 Å². The fourth-order valence-electron chi connectivity index (χ4n) is 7.74. The van der Waals surface area contributed by atoms with Crippen molar-refractivity contribution in [2.75, 3.05) is 29.9 Å². The minimum absolute atomic E-state index is 0.0614. The highest BCUT2D eigenvalue weighted by atomic mass is 16.2. The standard InChI is InChI=1S/C30H37N3O2/c34-28(31-11-10-21-6-2-1-3-7-21)26-17-25(8-9-27(26)33-12-4-5-13-33)32-29(35)30-18-22-14-23(19-30)16-24(15-22)20-30/h1-3,6-9,17,22-24H,4-5,10-16,18-20H2,(H,31,34)(H,32,35). The third kappa shape index (κ3) is 4.57. The zero-order valence-electron chi connectivity index (χ0n) is 20.6. The molecule has 5 aliphatic rings. The molecule has 0 unspecified atom stereocenters. The minimum Gasteiger partial charge on any atom is -0.371 e. The van der Waals surface area contributed by atoms with Gasteiger partial charge in [0.15, 0.2) is 0 Å². The van der Waals surface area contributed by atoms with E-state index in [1.807, 2.05) is 36.4 Å². The largest absolute Gasteiger partial charge is 0.371 e. The molecule has 0 aromatic heterocycles. The van der Waals surface area contributed by atoms with Crippen LogP contribution in [-0.2, 0) is 11.2 Å². The SMILES string of the molecule is O=C(NCCc1ccccc1)c1cc(NC(=O)C23CC4CC(CC(C4)C2)C3)ccc1N1CCCC1. The second kappa shape index (κ2) is 9.33. The molecular weight excluding hydrogens is 434 g/mol. The Bertz CT molecular complexity index is 1050. The van der Waals surface area contributed by atoms with Gasteiger partial charge in [0, 0.05) is 31.0 Å². The van der Waals surface area contributed by atoms with Crippen LogP contribution in [0.1, 0.15) is 67.3 Å². The Morgan fingerprint density at radius 3 is 2.20 bits per heavy atom. The normalized spacial score (nSPS) is 28.8. The van der Waals surface area contributed by atoms with E-state index < -0.39 is 0 Å². The Morgan fingerprint density at radius 1 is 0.886 bits per heavy atom. The molecule has 2 N–H and O–H groups in total. The number of nitrogens with zero attached hydrogens (tertiary/aromatic N) is 1. The summed E-state index contributed by atoms with van der Waals surface area (Å²) in [7, 11) is 0. The van der Waals surface area contributed by atoms with E-state index in [9.17, 15) is 9.59 Å². The van der Waals surface area contributed by atoms with Gasteiger partial charge in [-0.3, -0.25) is 9.59 Å². The summed E-state index contributed by atoms with van der Waals surface area (Å²) in [6.45, 7) is 2.54. The Hall–Kier alpha value is -2.82. The first-order valence-corrected chi connectivity index (χ1v) is 13.6. The summed E-state index contributed by atoms with van der Waals surface area (Å²) in [6.07, 6.45) is 10.2. The topological polar surface area (TPSA) is 61.4 Å². The van der Waals surface area contributed by atoms with Crippen LogP contribution in [0.15, 0.2) is 48.5 Å². The maximum Gasteiger partial charge on any atom is 0.253 e. The van der Waals surface area contributed by atoms with Crippen LogP contribution < -0.4 is 15.5 Å². The van der Waals surface area contributed by atoms with Gasteiger partial charge in [0.05, 0.1) is 11.0 Å². The highest BCUT2D eigenvalue weighted by Crippen LogP contribution is 2.60.